The van der Waals surface area contributed by atoms with Gasteiger partial charge in [-0.05, 0) is 70.5 Å². The minimum absolute atomic E-state index is 0. The van der Waals surface area contributed by atoms with E-state index in [9.17, 15) is 13.2 Å². The summed E-state index contributed by atoms with van der Waals surface area (Å²) in [6, 6.07) is 6.33. The molecule has 148 valence electrons. The SMILES string of the molecule is CCN(CC)C(=O)c1ccc(S(=O)(=O)N2CCCC(CNC)C2)cc1.Cl. The van der Waals surface area contributed by atoms with Crippen LogP contribution in [0.5, 0.6) is 0 Å². The maximum atomic E-state index is 12.9. The van der Waals surface area contributed by atoms with Gasteiger partial charge in [0.05, 0.1) is 4.90 Å². The fraction of sp³-hybridized carbons (Fsp3) is 0.611. The van der Waals surface area contributed by atoms with Crippen LogP contribution < -0.4 is 5.32 Å². The van der Waals surface area contributed by atoms with E-state index in [1.54, 1.807) is 33.5 Å². The molecule has 6 nitrogen and oxygen atoms in total. The van der Waals surface area contributed by atoms with E-state index in [1.807, 2.05) is 20.9 Å². The number of carbonyl (C=O) groups is 1. The number of nitrogens with one attached hydrogen (secondary N) is 1. The van der Waals surface area contributed by atoms with Crippen LogP contribution in [-0.2, 0) is 10.0 Å². The van der Waals surface area contributed by atoms with Crippen LogP contribution in [0.1, 0.15) is 37.0 Å². The molecule has 1 saturated heterocycles. The van der Waals surface area contributed by atoms with E-state index in [1.165, 1.54) is 0 Å². The first-order chi connectivity index (χ1) is 11.9. The van der Waals surface area contributed by atoms with Crippen molar-refractivity contribution < 1.29 is 13.2 Å². The Morgan fingerprint density at radius 1 is 1.23 bits per heavy atom. The number of benzene rings is 1. The lowest BCUT2D eigenvalue weighted by Gasteiger charge is -2.31. The molecule has 0 radical (unpaired) electrons. The standard InChI is InChI=1S/C18H29N3O3S.ClH/c1-4-20(5-2)18(22)16-8-10-17(11-9-16)25(23,24)21-12-6-7-15(14-21)13-19-3;/h8-11,15,19H,4-7,12-14H2,1-3H3;1H. The molecule has 1 heterocycles. The van der Waals surface area contributed by atoms with Crippen molar-refractivity contribution in [3.63, 3.8) is 0 Å². The van der Waals surface area contributed by atoms with Crippen LogP contribution in [0, 0.1) is 5.92 Å². The van der Waals surface area contributed by atoms with Crippen LogP contribution in [0.2, 0.25) is 0 Å². The lowest BCUT2D eigenvalue weighted by atomic mass is 10.00. The van der Waals surface area contributed by atoms with E-state index in [4.69, 9.17) is 0 Å². The number of halogens is 1. The summed E-state index contributed by atoms with van der Waals surface area (Å²) in [4.78, 5) is 14.3. The van der Waals surface area contributed by atoms with Gasteiger partial charge in [0.2, 0.25) is 10.0 Å². The van der Waals surface area contributed by atoms with Crippen molar-refractivity contribution >= 4 is 28.3 Å². The Hall–Kier alpha value is -1.15. The van der Waals surface area contributed by atoms with Gasteiger partial charge in [0.25, 0.3) is 5.91 Å². The van der Waals surface area contributed by atoms with Crippen molar-refractivity contribution in [3.8, 4) is 0 Å². The predicted octanol–water partition coefficient (Wildman–Crippen LogP) is 2.21. The van der Waals surface area contributed by atoms with Crippen molar-refractivity contribution in [2.24, 2.45) is 5.92 Å². The highest BCUT2D eigenvalue weighted by Gasteiger charge is 2.30. The van der Waals surface area contributed by atoms with E-state index in [0.717, 1.165) is 19.4 Å². The number of piperidine rings is 1. The molecule has 0 spiro atoms. The third kappa shape index (κ3) is 5.19. The van der Waals surface area contributed by atoms with Gasteiger partial charge in [0, 0.05) is 31.7 Å². The minimum atomic E-state index is -3.51. The molecule has 1 N–H and O–H groups in total. The van der Waals surface area contributed by atoms with E-state index < -0.39 is 10.0 Å². The molecule has 0 bridgehead atoms. The first kappa shape index (κ1) is 22.9. The summed E-state index contributed by atoms with van der Waals surface area (Å²) in [5, 5.41) is 3.13. The molecule has 0 aromatic heterocycles. The molecule has 0 saturated carbocycles. The Balaban J connectivity index is 0.00000338. The monoisotopic (exact) mass is 403 g/mol. The van der Waals surface area contributed by atoms with Gasteiger partial charge in [-0.3, -0.25) is 4.79 Å². The van der Waals surface area contributed by atoms with E-state index in [2.05, 4.69) is 5.32 Å². The molecule has 1 atom stereocenters. The summed E-state index contributed by atoms with van der Waals surface area (Å²) < 4.78 is 27.3. The van der Waals surface area contributed by atoms with Crippen molar-refractivity contribution in [1.82, 2.24) is 14.5 Å². The smallest absolute Gasteiger partial charge is 0.253 e. The van der Waals surface area contributed by atoms with Gasteiger partial charge in [-0.25, -0.2) is 8.42 Å². The van der Waals surface area contributed by atoms with Crippen LogP contribution in [0.3, 0.4) is 0 Å². The van der Waals surface area contributed by atoms with E-state index in [0.29, 0.717) is 37.7 Å². The molecule has 1 amide bonds. The Morgan fingerprint density at radius 2 is 1.85 bits per heavy atom. The molecule has 1 aliphatic rings. The fourth-order valence-electron chi connectivity index (χ4n) is 3.31. The Kier molecular flexibility index (Phi) is 9.03. The maximum absolute atomic E-state index is 12.9. The van der Waals surface area contributed by atoms with Crippen molar-refractivity contribution in [2.45, 2.75) is 31.6 Å². The lowest BCUT2D eigenvalue weighted by molar-refractivity contribution is 0.0773. The summed E-state index contributed by atoms with van der Waals surface area (Å²) in [7, 11) is -1.62. The molecule has 1 aliphatic heterocycles. The van der Waals surface area contributed by atoms with Crippen LogP contribution in [0.4, 0.5) is 0 Å². The largest absolute Gasteiger partial charge is 0.339 e. The number of amides is 1. The van der Waals surface area contributed by atoms with Gasteiger partial charge in [-0.2, -0.15) is 4.31 Å². The average molecular weight is 404 g/mol. The van der Waals surface area contributed by atoms with Gasteiger partial charge in [-0.1, -0.05) is 0 Å². The fourth-order valence-corrected chi connectivity index (χ4v) is 4.87. The molecule has 26 heavy (non-hydrogen) atoms. The normalized spacial score (nSPS) is 18.2. The number of sulfonamides is 1. The zero-order valence-corrected chi connectivity index (χ0v) is 17.4. The second-order valence-electron chi connectivity index (χ2n) is 6.43. The summed E-state index contributed by atoms with van der Waals surface area (Å²) in [6.45, 7) is 7.05. The third-order valence-corrected chi connectivity index (χ3v) is 6.64. The topological polar surface area (TPSA) is 69.7 Å². The quantitative estimate of drug-likeness (QED) is 0.757. The molecular formula is C18H30ClN3O3S. The average Bonchev–Trinajstić information content (AvgIpc) is 2.63. The van der Waals surface area contributed by atoms with E-state index >= 15 is 0 Å². The number of rotatable bonds is 7. The highest BCUT2D eigenvalue weighted by molar-refractivity contribution is 7.89. The maximum Gasteiger partial charge on any atom is 0.253 e. The highest BCUT2D eigenvalue weighted by atomic mass is 35.5. The zero-order chi connectivity index (χ0) is 18.4. The minimum Gasteiger partial charge on any atom is -0.339 e. The summed E-state index contributed by atoms with van der Waals surface area (Å²) in [5.74, 6) is 0.276. The van der Waals surface area contributed by atoms with E-state index in [-0.39, 0.29) is 23.2 Å². The molecule has 1 aromatic rings. The predicted molar refractivity (Wildman–Crippen MR) is 106 cm³/mol. The zero-order valence-electron chi connectivity index (χ0n) is 15.8. The van der Waals surface area contributed by atoms with Gasteiger partial charge in [0.15, 0.2) is 0 Å². The molecule has 1 unspecified atom stereocenters. The third-order valence-electron chi connectivity index (χ3n) is 4.76. The highest BCUT2D eigenvalue weighted by Crippen LogP contribution is 2.24. The number of hydrogen-bond acceptors (Lipinski definition) is 4. The summed E-state index contributed by atoms with van der Waals surface area (Å²) in [5.41, 5.74) is 0.523. The molecule has 1 aromatic carbocycles. The van der Waals surface area contributed by atoms with Crippen LogP contribution in [0.15, 0.2) is 29.2 Å². The lowest BCUT2D eigenvalue weighted by Crippen LogP contribution is -2.42. The van der Waals surface area contributed by atoms with Crippen molar-refractivity contribution in [3.05, 3.63) is 29.8 Å². The Morgan fingerprint density at radius 3 is 2.38 bits per heavy atom. The Bertz CT molecular complexity index is 673. The molecule has 0 aliphatic carbocycles. The molecule has 1 fully saturated rings. The van der Waals surface area contributed by atoms with Crippen molar-refractivity contribution in [2.75, 3.05) is 39.8 Å². The summed E-state index contributed by atoms with van der Waals surface area (Å²) >= 11 is 0. The van der Waals surface area contributed by atoms with Gasteiger partial charge < -0.3 is 10.2 Å². The van der Waals surface area contributed by atoms with Crippen molar-refractivity contribution in [1.29, 1.82) is 0 Å². The number of carbonyl (C=O) groups excluding carboxylic acids is 1. The number of nitrogens with zero attached hydrogens (tertiary/aromatic N) is 2. The molecular weight excluding hydrogens is 374 g/mol. The second kappa shape index (κ2) is 10.3. The number of hydrogen-bond donors (Lipinski definition) is 1. The summed E-state index contributed by atoms with van der Waals surface area (Å²) in [6.07, 6.45) is 1.92. The first-order valence-electron chi connectivity index (χ1n) is 8.98. The van der Waals surface area contributed by atoms with Gasteiger partial charge in [-0.15, -0.1) is 12.4 Å². The first-order valence-corrected chi connectivity index (χ1v) is 10.4. The van der Waals surface area contributed by atoms with Crippen LogP contribution >= 0.6 is 12.4 Å². The van der Waals surface area contributed by atoms with Gasteiger partial charge >= 0.3 is 0 Å². The van der Waals surface area contributed by atoms with Gasteiger partial charge in [0.1, 0.15) is 0 Å². The van der Waals surface area contributed by atoms with Crippen LogP contribution in [0.25, 0.3) is 0 Å². The van der Waals surface area contributed by atoms with Crippen LogP contribution in [-0.4, -0.2) is 63.3 Å². The Labute approximate surface area is 163 Å². The molecule has 8 heteroatoms. The molecule has 2 rings (SSSR count). The second-order valence-corrected chi connectivity index (χ2v) is 8.37.